The molecule has 104 valence electrons. The van der Waals surface area contributed by atoms with Gasteiger partial charge in [0.15, 0.2) is 0 Å². The normalized spacial score (nSPS) is 11.1. The van der Waals surface area contributed by atoms with E-state index in [2.05, 4.69) is 36.2 Å². The Bertz CT molecular complexity index is 838. The number of pyridine rings is 1. The Hall–Kier alpha value is -2.12. The van der Waals surface area contributed by atoms with Crippen LogP contribution in [0.15, 0.2) is 58.2 Å². The summed E-state index contributed by atoms with van der Waals surface area (Å²) in [5.74, 6) is 0.573. The lowest BCUT2D eigenvalue weighted by Crippen LogP contribution is -1.96. The first-order valence-electron chi connectivity index (χ1n) is 6.13. The van der Waals surface area contributed by atoms with Crippen molar-refractivity contribution in [3.63, 3.8) is 0 Å². The van der Waals surface area contributed by atoms with Gasteiger partial charge in [0.2, 0.25) is 10.6 Å². The van der Waals surface area contributed by atoms with E-state index < -0.39 is 0 Å². The van der Waals surface area contributed by atoms with Crippen LogP contribution < -0.4 is 0 Å². The lowest BCUT2D eigenvalue weighted by atomic mass is 10.2. The lowest BCUT2D eigenvalue weighted by Gasteiger charge is -2.00. The van der Waals surface area contributed by atoms with Crippen LogP contribution in [0.1, 0.15) is 5.56 Å². The van der Waals surface area contributed by atoms with Gasteiger partial charge in [-0.05, 0) is 30.4 Å². The molecule has 0 aliphatic carbocycles. The van der Waals surface area contributed by atoms with Gasteiger partial charge in [-0.1, -0.05) is 40.2 Å². The number of nitrogens with zero attached hydrogens (tertiary/aromatic N) is 4. The zero-order valence-electron chi connectivity index (χ0n) is 10.8. The third-order valence-corrected chi connectivity index (χ3v) is 3.75. The Labute approximate surface area is 134 Å². The van der Waals surface area contributed by atoms with E-state index >= 15 is 0 Å². The second-order valence-electron chi connectivity index (χ2n) is 4.15. The molecule has 7 heteroatoms. The summed E-state index contributed by atoms with van der Waals surface area (Å²) < 4.78 is 2.93. The highest BCUT2D eigenvalue weighted by atomic mass is 79.9. The van der Waals surface area contributed by atoms with E-state index in [-0.39, 0.29) is 0 Å². The van der Waals surface area contributed by atoms with E-state index in [1.165, 1.54) is 0 Å². The zero-order chi connectivity index (χ0) is 14.7. The van der Waals surface area contributed by atoms with Crippen molar-refractivity contribution in [1.29, 1.82) is 0 Å². The average molecular weight is 360 g/mol. The molecular formula is C14H10BrN5S. The molecule has 0 bridgehead atoms. The molecule has 0 unspecified atom stereocenters. The fourth-order valence-electron chi connectivity index (χ4n) is 1.76. The zero-order valence-corrected chi connectivity index (χ0v) is 13.2. The third-order valence-electron chi connectivity index (χ3n) is 2.76. The predicted octanol–water partition coefficient (Wildman–Crippen LogP) is 3.65. The highest BCUT2D eigenvalue weighted by Gasteiger charge is 2.08. The fraction of sp³-hybridized carbons (Fsp3) is 0. The molecule has 5 nitrogen and oxygen atoms in total. The first kappa shape index (κ1) is 13.8. The number of benzene rings is 1. The topological polar surface area (TPSA) is 58.9 Å². The van der Waals surface area contributed by atoms with Crippen molar-refractivity contribution >= 4 is 34.4 Å². The molecule has 2 aromatic heterocycles. The Balaban J connectivity index is 2.02. The maximum Gasteiger partial charge on any atom is 0.216 e. The van der Waals surface area contributed by atoms with Crippen LogP contribution in [0.2, 0.25) is 0 Å². The molecule has 1 aromatic carbocycles. The molecule has 21 heavy (non-hydrogen) atoms. The number of hydrogen-bond acceptors (Lipinski definition) is 4. The Morgan fingerprint density at radius 1 is 1.19 bits per heavy atom. The van der Waals surface area contributed by atoms with Crippen molar-refractivity contribution < 1.29 is 0 Å². The van der Waals surface area contributed by atoms with Crippen LogP contribution >= 0.6 is 28.1 Å². The summed E-state index contributed by atoms with van der Waals surface area (Å²) in [6.07, 6.45) is 3.43. The molecule has 0 radical (unpaired) electrons. The molecule has 0 atom stereocenters. The number of hydrogen-bond donors (Lipinski definition) is 1. The lowest BCUT2D eigenvalue weighted by molar-refractivity contribution is 0.867. The van der Waals surface area contributed by atoms with Crippen molar-refractivity contribution in [2.24, 2.45) is 5.10 Å². The molecule has 0 fully saturated rings. The van der Waals surface area contributed by atoms with E-state index in [1.54, 1.807) is 17.1 Å². The molecule has 0 aliphatic rings. The van der Waals surface area contributed by atoms with Gasteiger partial charge in [0.1, 0.15) is 5.69 Å². The van der Waals surface area contributed by atoms with Crippen LogP contribution in [-0.2, 0) is 0 Å². The minimum absolute atomic E-state index is 0.416. The average Bonchev–Trinajstić information content (AvgIpc) is 2.88. The molecule has 2 heterocycles. The van der Waals surface area contributed by atoms with Crippen molar-refractivity contribution in [2.75, 3.05) is 0 Å². The second-order valence-corrected chi connectivity index (χ2v) is 5.39. The van der Waals surface area contributed by atoms with Gasteiger partial charge in [-0.3, -0.25) is 4.98 Å². The number of aromatic nitrogens is 4. The van der Waals surface area contributed by atoms with E-state index in [1.807, 2.05) is 42.5 Å². The number of H-pyrrole nitrogens is 1. The molecule has 0 saturated carbocycles. The van der Waals surface area contributed by atoms with Crippen LogP contribution in [0.5, 0.6) is 0 Å². The van der Waals surface area contributed by atoms with Gasteiger partial charge >= 0.3 is 0 Å². The number of aromatic amines is 1. The minimum Gasteiger partial charge on any atom is -0.253 e. The SMILES string of the molecule is S=c1[nH]nc(-c2ccccn2)n1/N=C\c1ccccc1Br. The molecule has 0 saturated heterocycles. The number of rotatable bonds is 3. The molecular weight excluding hydrogens is 350 g/mol. The predicted molar refractivity (Wildman–Crippen MR) is 87.8 cm³/mol. The first-order chi connectivity index (χ1) is 10.3. The smallest absolute Gasteiger partial charge is 0.216 e. The van der Waals surface area contributed by atoms with Crippen molar-refractivity contribution in [3.8, 4) is 11.5 Å². The van der Waals surface area contributed by atoms with Crippen LogP contribution in [0.4, 0.5) is 0 Å². The molecule has 1 N–H and O–H groups in total. The van der Waals surface area contributed by atoms with Crippen molar-refractivity contribution in [1.82, 2.24) is 19.9 Å². The van der Waals surface area contributed by atoms with Gasteiger partial charge in [-0.2, -0.15) is 14.9 Å². The standard InChI is InChI=1S/C14H10BrN5S/c15-11-6-2-1-5-10(11)9-17-20-13(18-19-14(20)21)12-7-3-4-8-16-12/h1-9H,(H,19,21)/b17-9-. The Kier molecular flexibility index (Phi) is 4.03. The molecule has 3 aromatic rings. The molecule has 3 rings (SSSR count). The van der Waals surface area contributed by atoms with Crippen LogP contribution in [0.25, 0.3) is 11.5 Å². The molecule has 0 spiro atoms. The fourth-order valence-corrected chi connectivity index (χ4v) is 2.33. The van der Waals surface area contributed by atoms with Gasteiger partial charge < -0.3 is 0 Å². The van der Waals surface area contributed by atoms with Gasteiger partial charge in [0.05, 0.1) is 6.21 Å². The summed E-state index contributed by atoms with van der Waals surface area (Å²) in [7, 11) is 0. The van der Waals surface area contributed by atoms with E-state index in [0.29, 0.717) is 16.3 Å². The maximum absolute atomic E-state index is 5.21. The summed E-state index contributed by atoms with van der Waals surface area (Å²) in [4.78, 5) is 4.26. The summed E-state index contributed by atoms with van der Waals surface area (Å²) in [6, 6.07) is 13.4. The van der Waals surface area contributed by atoms with E-state index in [4.69, 9.17) is 12.2 Å². The van der Waals surface area contributed by atoms with Crippen molar-refractivity contribution in [2.45, 2.75) is 0 Å². The van der Waals surface area contributed by atoms with Crippen LogP contribution in [0, 0.1) is 4.77 Å². The Morgan fingerprint density at radius 3 is 2.76 bits per heavy atom. The minimum atomic E-state index is 0.416. The summed E-state index contributed by atoms with van der Waals surface area (Å²) >= 11 is 8.69. The maximum atomic E-state index is 5.21. The highest BCUT2D eigenvalue weighted by molar-refractivity contribution is 9.10. The van der Waals surface area contributed by atoms with E-state index in [0.717, 1.165) is 10.0 Å². The summed E-state index contributed by atoms with van der Waals surface area (Å²) in [5.41, 5.74) is 1.65. The summed E-state index contributed by atoms with van der Waals surface area (Å²) in [5, 5.41) is 11.3. The second kappa shape index (κ2) is 6.11. The monoisotopic (exact) mass is 359 g/mol. The summed E-state index contributed by atoms with van der Waals surface area (Å²) in [6.45, 7) is 0. The Morgan fingerprint density at radius 2 is 2.00 bits per heavy atom. The molecule has 0 amide bonds. The quantitative estimate of drug-likeness (QED) is 0.573. The molecule has 0 aliphatic heterocycles. The van der Waals surface area contributed by atoms with Gasteiger partial charge in [-0.25, -0.2) is 5.10 Å². The van der Waals surface area contributed by atoms with Crippen LogP contribution in [0.3, 0.4) is 0 Å². The third kappa shape index (κ3) is 2.98. The van der Waals surface area contributed by atoms with Gasteiger partial charge in [0, 0.05) is 16.2 Å². The highest BCUT2D eigenvalue weighted by Crippen LogP contribution is 2.16. The van der Waals surface area contributed by atoms with Gasteiger partial charge in [0.25, 0.3) is 0 Å². The van der Waals surface area contributed by atoms with Crippen LogP contribution in [-0.4, -0.2) is 26.1 Å². The van der Waals surface area contributed by atoms with Gasteiger partial charge in [-0.15, -0.1) is 0 Å². The van der Waals surface area contributed by atoms with E-state index in [9.17, 15) is 0 Å². The first-order valence-corrected chi connectivity index (χ1v) is 7.33. The van der Waals surface area contributed by atoms with Crippen molar-refractivity contribution in [3.05, 3.63) is 63.5 Å². The number of nitrogens with one attached hydrogen (secondary N) is 1. The number of halogens is 1. The largest absolute Gasteiger partial charge is 0.253 e.